The summed E-state index contributed by atoms with van der Waals surface area (Å²) in [5.74, 6) is 3.65. The Bertz CT molecular complexity index is 843. The van der Waals surface area contributed by atoms with Gasteiger partial charge in [0.05, 0.1) is 0 Å². The van der Waals surface area contributed by atoms with Gasteiger partial charge in [-0.3, -0.25) is 0 Å². The molecule has 31 heavy (non-hydrogen) atoms. The first-order valence-corrected chi connectivity index (χ1v) is 11.9. The van der Waals surface area contributed by atoms with E-state index in [2.05, 4.69) is 34.9 Å². The van der Waals surface area contributed by atoms with E-state index < -0.39 is 0 Å². The first-order chi connectivity index (χ1) is 15.2. The summed E-state index contributed by atoms with van der Waals surface area (Å²) in [6.45, 7) is 2.08. The van der Waals surface area contributed by atoms with Gasteiger partial charge in [0.25, 0.3) is 0 Å². The van der Waals surface area contributed by atoms with Gasteiger partial charge in [-0.05, 0) is 91.4 Å². The van der Waals surface area contributed by atoms with Gasteiger partial charge in [-0.15, -0.1) is 0 Å². The lowest BCUT2D eigenvalue weighted by Gasteiger charge is -2.56. The lowest BCUT2D eigenvalue weighted by molar-refractivity contribution is -0.0498. The standard InChI is InChI=1S/C27H34N2O2/c30-26(29-19-27-15-22-12-23(16-27)14-24(13-22)17-27)28-11-10-20-6-8-25(9-7-20)31-18-21-4-2-1-3-5-21/h1-9,22-24H,10-19H2,(H2,28,29,30). The van der Waals surface area contributed by atoms with Crippen LogP contribution in [0.1, 0.15) is 49.7 Å². The lowest BCUT2D eigenvalue weighted by atomic mass is 9.49. The van der Waals surface area contributed by atoms with Gasteiger partial charge < -0.3 is 15.4 Å². The number of amides is 2. The van der Waals surface area contributed by atoms with Crippen LogP contribution in [0.2, 0.25) is 0 Å². The number of hydrogen-bond donors (Lipinski definition) is 2. The van der Waals surface area contributed by atoms with Crippen molar-refractivity contribution in [3.05, 3.63) is 65.7 Å². The van der Waals surface area contributed by atoms with Crippen molar-refractivity contribution in [3.63, 3.8) is 0 Å². The van der Waals surface area contributed by atoms with Gasteiger partial charge in [-0.2, -0.15) is 0 Å². The van der Waals surface area contributed by atoms with E-state index in [1.54, 1.807) is 0 Å². The molecule has 2 amide bonds. The highest BCUT2D eigenvalue weighted by atomic mass is 16.5. The third-order valence-corrected chi connectivity index (χ3v) is 7.66. The topological polar surface area (TPSA) is 50.4 Å². The third kappa shape index (κ3) is 5.06. The molecule has 0 unspecified atom stereocenters. The number of urea groups is 1. The Morgan fingerprint density at radius 3 is 2.13 bits per heavy atom. The van der Waals surface area contributed by atoms with Crippen LogP contribution in [-0.4, -0.2) is 19.1 Å². The van der Waals surface area contributed by atoms with E-state index in [-0.39, 0.29) is 6.03 Å². The van der Waals surface area contributed by atoms with Crippen LogP contribution in [-0.2, 0) is 13.0 Å². The monoisotopic (exact) mass is 418 g/mol. The van der Waals surface area contributed by atoms with E-state index in [0.717, 1.165) is 42.0 Å². The molecular formula is C27H34N2O2. The molecule has 4 bridgehead atoms. The molecule has 4 nitrogen and oxygen atoms in total. The Balaban J connectivity index is 1.02. The minimum absolute atomic E-state index is 0.0152. The summed E-state index contributed by atoms with van der Waals surface area (Å²) < 4.78 is 5.84. The summed E-state index contributed by atoms with van der Waals surface area (Å²) in [7, 11) is 0. The number of benzene rings is 2. The van der Waals surface area contributed by atoms with E-state index in [9.17, 15) is 4.79 Å². The van der Waals surface area contributed by atoms with Crippen LogP contribution in [0, 0.1) is 23.2 Å². The highest BCUT2D eigenvalue weighted by Gasteiger charge is 2.50. The van der Waals surface area contributed by atoms with Crippen LogP contribution in [0.3, 0.4) is 0 Å². The summed E-state index contributed by atoms with van der Waals surface area (Å²) in [6, 6.07) is 18.3. The second-order valence-corrected chi connectivity index (χ2v) is 10.2. The number of ether oxygens (including phenoxy) is 1. The molecule has 2 aromatic rings. The molecule has 0 aliphatic heterocycles. The Morgan fingerprint density at radius 1 is 0.839 bits per heavy atom. The maximum absolute atomic E-state index is 12.4. The first-order valence-electron chi connectivity index (χ1n) is 11.9. The minimum atomic E-state index is -0.0152. The Kier molecular flexibility index (Phi) is 5.89. The highest BCUT2D eigenvalue weighted by molar-refractivity contribution is 5.73. The highest BCUT2D eigenvalue weighted by Crippen LogP contribution is 2.59. The van der Waals surface area contributed by atoms with Crippen molar-refractivity contribution in [1.29, 1.82) is 0 Å². The predicted molar refractivity (Wildman–Crippen MR) is 123 cm³/mol. The van der Waals surface area contributed by atoms with Crippen LogP contribution in [0.5, 0.6) is 5.75 Å². The Labute approximate surface area is 185 Å². The van der Waals surface area contributed by atoms with Crippen LogP contribution in [0.25, 0.3) is 0 Å². The SMILES string of the molecule is O=C(NCCc1ccc(OCc2ccccc2)cc1)NCC12CC3CC(CC(C3)C1)C2. The Morgan fingerprint density at radius 2 is 1.48 bits per heavy atom. The van der Waals surface area contributed by atoms with Gasteiger partial charge >= 0.3 is 6.03 Å². The zero-order chi connectivity index (χ0) is 21.1. The molecule has 4 aliphatic carbocycles. The molecule has 4 heteroatoms. The van der Waals surface area contributed by atoms with Crippen LogP contribution in [0.15, 0.2) is 54.6 Å². The molecular weight excluding hydrogens is 384 g/mol. The van der Waals surface area contributed by atoms with Gasteiger partial charge in [0, 0.05) is 13.1 Å². The van der Waals surface area contributed by atoms with Gasteiger partial charge in [0.1, 0.15) is 12.4 Å². The number of rotatable bonds is 8. The zero-order valence-corrected chi connectivity index (χ0v) is 18.3. The molecule has 2 aromatic carbocycles. The molecule has 0 heterocycles. The Hall–Kier alpha value is -2.49. The van der Waals surface area contributed by atoms with Crippen molar-refractivity contribution in [1.82, 2.24) is 10.6 Å². The predicted octanol–water partition coefficient (Wildman–Crippen LogP) is 5.32. The second-order valence-electron chi connectivity index (χ2n) is 10.2. The fourth-order valence-corrected chi connectivity index (χ4v) is 6.65. The van der Waals surface area contributed by atoms with Gasteiger partial charge in [-0.1, -0.05) is 42.5 Å². The quantitative estimate of drug-likeness (QED) is 0.609. The number of carbonyl (C=O) groups is 1. The van der Waals surface area contributed by atoms with Crippen molar-refractivity contribution in [2.45, 2.75) is 51.6 Å². The number of hydrogen-bond acceptors (Lipinski definition) is 2. The summed E-state index contributed by atoms with van der Waals surface area (Å²) in [5, 5.41) is 6.24. The average molecular weight is 419 g/mol. The normalized spacial score (nSPS) is 28.3. The van der Waals surface area contributed by atoms with Crippen LogP contribution < -0.4 is 15.4 Å². The molecule has 2 N–H and O–H groups in total. The molecule has 0 atom stereocenters. The molecule has 4 saturated carbocycles. The van der Waals surface area contributed by atoms with Gasteiger partial charge in [-0.25, -0.2) is 4.79 Å². The maximum atomic E-state index is 12.4. The van der Waals surface area contributed by atoms with Crippen molar-refractivity contribution in [2.75, 3.05) is 13.1 Å². The number of carbonyl (C=O) groups excluding carboxylic acids is 1. The van der Waals surface area contributed by atoms with E-state index in [1.165, 1.54) is 44.1 Å². The molecule has 0 radical (unpaired) electrons. The molecule has 0 spiro atoms. The van der Waals surface area contributed by atoms with E-state index >= 15 is 0 Å². The largest absolute Gasteiger partial charge is 0.489 e. The van der Waals surface area contributed by atoms with Gasteiger partial charge in [0.2, 0.25) is 0 Å². The summed E-state index contributed by atoms with van der Waals surface area (Å²) in [6.07, 6.45) is 9.16. The maximum Gasteiger partial charge on any atom is 0.314 e. The molecule has 0 aromatic heterocycles. The third-order valence-electron chi connectivity index (χ3n) is 7.66. The number of nitrogens with one attached hydrogen (secondary N) is 2. The summed E-state index contributed by atoms with van der Waals surface area (Å²) in [4.78, 5) is 12.4. The smallest absolute Gasteiger partial charge is 0.314 e. The zero-order valence-electron chi connectivity index (χ0n) is 18.3. The lowest BCUT2D eigenvalue weighted by Crippen LogP contribution is -2.52. The van der Waals surface area contributed by atoms with Crippen molar-refractivity contribution >= 4 is 6.03 Å². The molecule has 4 fully saturated rings. The van der Waals surface area contributed by atoms with E-state index in [1.807, 2.05) is 30.3 Å². The minimum Gasteiger partial charge on any atom is -0.489 e. The van der Waals surface area contributed by atoms with Crippen molar-refractivity contribution in [3.8, 4) is 5.75 Å². The van der Waals surface area contributed by atoms with Crippen LogP contribution >= 0.6 is 0 Å². The molecule has 4 aliphatic rings. The summed E-state index contributed by atoms with van der Waals surface area (Å²) in [5.41, 5.74) is 2.76. The average Bonchev–Trinajstić information content (AvgIpc) is 2.77. The fourth-order valence-electron chi connectivity index (χ4n) is 6.65. The van der Waals surface area contributed by atoms with Crippen LogP contribution in [0.4, 0.5) is 4.79 Å². The fraction of sp³-hybridized carbons (Fsp3) is 0.519. The second kappa shape index (κ2) is 8.94. The first kappa shape index (κ1) is 20.4. The summed E-state index contributed by atoms with van der Waals surface area (Å²) >= 11 is 0. The van der Waals surface area contributed by atoms with E-state index in [4.69, 9.17) is 4.74 Å². The van der Waals surface area contributed by atoms with Crippen molar-refractivity contribution in [2.24, 2.45) is 23.2 Å². The molecule has 0 saturated heterocycles. The van der Waals surface area contributed by atoms with Gasteiger partial charge in [0.15, 0.2) is 0 Å². The van der Waals surface area contributed by atoms with E-state index in [0.29, 0.717) is 18.6 Å². The molecule has 164 valence electrons. The van der Waals surface area contributed by atoms with Crippen molar-refractivity contribution < 1.29 is 9.53 Å². The molecule has 6 rings (SSSR count).